The van der Waals surface area contributed by atoms with Crippen LogP contribution in [0.3, 0.4) is 0 Å². The van der Waals surface area contributed by atoms with Crippen molar-refractivity contribution >= 4 is 21.7 Å². The Morgan fingerprint density at radius 2 is 1.61 bits per heavy atom. The molecular formula is C25H29F2N3O5S. The van der Waals surface area contributed by atoms with Gasteiger partial charge in [-0.3, -0.25) is 9.59 Å². The molecule has 1 aliphatic heterocycles. The SMILES string of the molecule is O=C(NC(CS(=O)(=O)CCN[C@@H]1C[C@H]1c1ccc(F)cc1)C(=O)N1CCOCC1)c1ccc(F)cc1. The molecule has 36 heavy (non-hydrogen) atoms. The highest BCUT2D eigenvalue weighted by molar-refractivity contribution is 7.91. The van der Waals surface area contributed by atoms with Gasteiger partial charge >= 0.3 is 0 Å². The van der Waals surface area contributed by atoms with Crippen molar-refractivity contribution in [1.82, 2.24) is 15.5 Å². The predicted molar refractivity (Wildman–Crippen MR) is 129 cm³/mol. The normalized spacial score (nSPS) is 20.6. The molecule has 1 heterocycles. The Balaban J connectivity index is 1.35. The van der Waals surface area contributed by atoms with E-state index >= 15 is 0 Å². The zero-order valence-corrected chi connectivity index (χ0v) is 20.5. The van der Waals surface area contributed by atoms with Gasteiger partial charge in [-0.15, -0.1) is 0 Å². The van der Waals surface area contributed by atoms with Crippen molar-refractivity contribution in [3.05, 3.63) is 71.3 Å². The highest BCUT2D eigenvalue weighted by atomic mass is 32.2. The first-order valence-corrected chi connectivity index (χ1v) is 13.7. The Labute approximate surface area is 208 Å². The predicted octanol–water partition coefficient (Wildman–Crippen LogP) is 1.48. The molecule has 194 valence electrons. The average molecular weight is 522 g/mol. The van der Waals surface area contributed by atoms with Gasteiger partial charge in [-0.2, -0.15) is 0 Å². The highest BCUT2D eigenvalue weighted by Crippen LogP contribution is 2.40. The van der Waals surface area contributed by atoms with Gasteiger partial charge in [-0.1, -0.05) is 12.1 Å². The quantitative estimate of drug-likeness (QED) is 0.491. The Morgan fingerprint density at radius 1 is 1.00 bits per heavy atom. The second-order valence-corrected chi connectivity index (χ2v) is 11.3. The third-order valence-corrected chi connectivity index (χ3v) is 8.03. The number of hydrogen-bond donors (Lipinski definition) is 2. The number of amides is 2. The molecule has 0 spiro atoms. The van der Waals surface area contributed by atoms with Crippen LogP contribution in [0.5, 0.6) is 0 Å². The second-order valence-electron chi connectivity index (χ2n) is 9.04. The molecule has 0 bridgehead atoms. The number of rotatable bonds is 10. The van der Waals surface area contributed by atoms with Crippen LogP contribution in [0.4, 0.5) is 8.78 Å². The topological polar surface area (TPSA) is 105 Å². The lowest BCUT2D eigenvalue weighted by Gasteiger charge is -2.30. The number of carbonyl (C=O) groups excluding carboxylic acids is 2. The molecule has 2 N–H and O–H groups in total. The van der Waals surface area contributed by atoms with E-state index in [1.165, 1.54) is 29.2 Å². The van der Waals surface area contributed by atoms with E-state index in [1.54, 1.807) is 12.1 Å². The van der Waals surface area contributed by atoms with Crippen molar-refractivity contribution in [2.75, 3.05) is 44.4 Å². The number of benzene rings is 2. The molecule has 0 radical (unpaired) electrons. The molecule has 2 aromatic carbocycles. The van der Waals surface area contributed by atoms with Gasteiger partial charge in [-0.05, 0) is 48.4 Å². The van der Waals surface area contributed by atoms with Gasteiger partial charge in [0.1, 0.15) is 17.7 Å². The molecule has 2 fully saturated rings. The first-order chi connectivity index (χ1) is 17.2. The Bertz CT molecular complexity index is 1170. The lowest BCUT2D eigenvalue weighted by atomic mass is 10.1. The van der Waals surface area contributed by atoms with Crippen molar-refractivity contribution in [1.29, 1.82) is 0 Å². The minimum absolute atomic E-state index is 0.106. The number of halogens is 2. The monoisotopic (exact) mass is 521 g/mol. The summed E-state index contributed by atoms with van der Waals surface area (Å²) in [6, 6.07) is 9.86. The molecule has 8 nitrogen and oxygen atoms in total. The fourth-order valence-electron chi connectivity index (χ4n) is 4.26. The van der Waals surface area contributed by atoms with Crippen molar-refractivity contribution in [3.63, 3.8) is 0 Å². The summed E-state index contributed by atoms with van der Waals surface area (Å²) in [5.74, 6) is -2.52. The number of hydrogen-bond acceptors (Lipinski definition) is 6. The van der Waals surface area contributed by atoms with Crippen LogP contribution in [0.15, 0.2) is 48.5 Å². The number of carbonyl (C=O) groups is 2. The summed E-state index contributed by atoms with van der Waals surface area (Å²) in [6.07, 6.45) is 0.831. The van der Waals surface area contributed by atoms with E-state index in [-0.39, 0.29) is 35.6 Å². The van der Waals surface area contributed by atoms with Gasteiger partial charge in [0.15, 0.2) is 9.84 Å². The van der Waals surface area contributed by atoms with E-state index < -0.39 is 39.3 Å². The molecule has 1 aliphatic carbocycles. The van der Waals surface area contributed by atoms with E-state index in [2.05, 4.69) is 10.6 Å². The number of morpholine rings is 1. The van der Waals surface area contributed by atoms with Crippen LogP contribution in [-0.4, -0.2) is 81.6 Å². The summed E-state index contributed by atoms with van der Waals surface area (Å²) in [4.78, 5) is 27.3. The first-order valence-electron chi connectivity index (χ1n) is 11.8. The Morgan fingerprint density at radius 3 is 2.25 bits per heavy atom. The van der Waals surface area contributed by atoms with Crippen LogP contribution in [-0.2, 0) is 19.4 Å². The zero-order valence-electron chi connectivity index (χ0n) is 19.7. The van der Waals surface area contributed by atoms with E-state index in [0.717, 1.165) is 24.1 Å². The van der Waals surface area contributed by atoms with E-state index in [4.69, 9.17) is 4.74 Å². The number of nitrogens with zero attached hydrogens (tertiary/aromatic N) is 1. The molecule has 1 unspecified atom stereocenters. The maximum Gasteiger partial charge on any atom is 0.251 e. The smallest absolute Gasteiger partial charge is 0.251 e. The minimum Gasteiger partial charge on any atom is -0.378 e. The zero-order chi connectivity index (χ0) is 25.7. The third kappa shape index (κ3) is 7.08. The summed E-state index contributed by atoms with van der Waals surface area (Å²) < 4.78 is 57.4. The van der Waals surface area contributed by atoms with Gasteiger partial charge in [0, 0.05) is 37.2 Å². The number of sulfone groups is 1. The third-order valence-electron chi connectivity index (χ3n) is 6.36. The van der Waals surface area contributed by atoms with Gasteiger partial charge < -0.3 is 20.3 Å². The van der Waals surface area contributed by atoms with Crippen LogP contribution < -0.4 is 10.6 Å². The van der Waals surface area contributed by atoms with Crippen molar-refractivity contribution < 1.29 is 31.5 Å². The van der Waals surface area contributed by atoms with Gasteiger partial charge in [0.05, 0.1) is 24.7 Å². The average Bonchev–Trinajstić information content (AvgIpc) is 3.63. The van der Waals surface area contributed by atoms with Crippen LogP contribution in [0.1, 0.15) is 28.3 Å². The minimum atomic E-state index is -3.72. The van der Waals surface area contributed by atoms with Crippen LogP contribution >= 0.6 is 0 Å². The molecule has 3 atom stereocenters. The Kier molecular flexibility index (Phi) is 8.32. The molecular weight excluding hydrogens is 492 g/mol. The van der Waals surface area contributed by atoms with Crippen molar-refractivity contribution in [2.45, 2.75) is 24.4 Å². The van der Waals surface area contributed by atoms with E-state index in [1.807, 2.05) is 0 Å². The molecule has 0 aromatic heterocycles. The Hall–Kier alpha value is -2.89. The molecule has 2 amide bonds. The highest BCUT2D eigenvalue weighted by Gasteiger charge is 2.38. The summed E-state index contributed by atoms with van der Waals surface area (Å²) in [5.41, 5.74) is 1.12. The van der Waals surface area contributed by atoms with E-state index in [0.29, 0.717) is 26.3 Å². The molecule has 4 rings (SSSR count). The molecule has 1 saturated carbocycles. The van der Waals surface area contributed by atoms with Crippen LogP contribution in [0, 0.1) is 11.6 Å². The number of nitrogens with one attached hydrogen (secondary N) is 2. The largest absolute Gasteiger partial charge is 0.378 e. The summed E-state index contributed by atoms with van der Waals surface area (Å²) in [7, 11) is -3.72. The van der Waals surface area contributed by atoms with Crippen molar-refractivity contribution in [3.8, 4) is 0 Å². The summed E-state index contributed by atoms with van der Waals surface area (Å²) in [5, 5.41) is 5.73. The molecule has 2 aliphatic rings. The van der Waals surface area contributed by atoms with E-state index in [9.17, 15) is 26.8 Å². The fourth-order valence-corrected chi connectivity index (χ4v) is 5.59. The second kappa shape index (κ2) is 11.4. The maximum atomic E-state index is 13.2. The summed E-state index contributed by atoms with van der Waals surface area (Å²) >= 11 is 0. The van der Waals surface area contributed by atoms with Crippen LogP contribution in [0.2, 0.25) is 0 Å². The van der Waals surface area contributed by atoms with Crippen molar-refractivity contribution in [2.24, 2.45) is 0 Å². The molecule has 11 heteroatoms. The fraction of sp³-hybridized carbons (Fsp3) is 0.440. The van der Waals surface area contributed by atoms with Crippen LogP contribution in [0.25, 0.3) is 0 Å². The standard InChI is InChI=1S/C25H29F2N3O5S/c26-19-5-1-17(2-6-19)21-15-22(21)28-9-14-36(33,34)16-23(25(32)30-10-12-35-13-11-30)29-24(31)18-3-7-20(27)8-4-18/h1-8,21-23,28H,9-16H2,(H,29,31)/t21-,22+,23?/m0/s1. The maximum absolute atomic E-state index is 13.2. The molecule has 1 saturated heterocycles. The van der Waals surface area contributed by atoms with Gasteiger partial charge in [-0.25, -0.2) is 17.2 Å². The first kappa shape index (κ1) is 26.2. The summed E-state index contributed by atoms with van der Waals surface area (Å²) in [6.45, 7) is 1.45. The molecule has 2 aromatic rings. The van der Waals surface area contributed by atoms with Gasteiger partial charge in [0.25, 0.3) is 5.91 Å². The number of ether oxygens (including phenoxy) is 1. The van der Waals surface area contributed by atoms with Gasteiger partial charge in [0.2, 0.25) is 5.91 Å². The lowest BCUT2D eigenvalue weighted by Crippen LogP contribution is -2.54. The lowest BCUT2D eigenvalue weighted by molar-refractivity contribution is -0.136.